The maximum Gasteiger partial charge on any atom is 0.223 e. The van der Waals surface area contributed by atoms with Gasteiger partial charge in [0.05, 0.1) is 6.04 Å². The molecule has 0 radical (unpaired) electrons. The summed E-state index contributed by atoms with van der Waals surface area (Å²) in [7, 11) is 4.09. The molecule has 1 unspecified atom stereocenters. The third-order valence-electron chi connectivity index (χ3n) is 6.15. The van der Waals surface area contributed by atoms with Crippen molar-refractivity contribution in [3.05, 3.63) is 102 Å². The fraction of sp³-hybridized carbons (Fsp3) is 0.387. The van der Waals surface area contributed by atoms with Gasteiger partial charge in [0, 0.05) is 32.7 Å². The van der Waals surface area contributed by atoms with E-state index >= 15 is 0 Å². The monoisotopic (exact) mass is 456 g/mol. The van der Waals surface area contributed by atoms with Gasteiger partial charge < -0.3 is 9.80 Å². The molecule has 1 amide bonds. The SMILES string of the molecule is CC(CC(=O)N(Cc1ccc(N(C)C)cc1)C(c1ccccc1)c1ccccc1)CC(C)(C)C. The van der Waals surface area contributed by atoms with Crippen LogP contribution in [0.1, 0.15) is 63.3 Å². The second kappa shape index (κ2) is 11.4. The van der Waals surface area contributed by atoms with Gasteiger partial charge in [-0.15, -0.1) is 0 Å². The van der Waals surface area contributed by atoms with Crippen LogP contribution in [0.25, 0.3) is 0 Å². The van der Waals surface area contributed by atoms with E-state index in [4.69, 9.17) is 0 Å². The smallest absolute Gasteiger partial charge is 0.223 e. The molecule has 3 heteroatoms. The van der Waals surface area contributed by atoms with Crippen molar-refractivity contribution in [2.45, 2.75) is 53.1 Å². The second-order valence-corrected chi connectivity index (χ2v) is 10.9. The Hall–Kier alpha value is -3.07. The molecule has 34 heavy (non-hydrogen) atoms. The molecular weight excluding hydrogens is 416 g/mol. The Labute approximate surface area is 206 Å². The average molecular weight is 457 g/mol. The highest BCUT2D eigenvalue weighted by molar-refractivity contribution is 5.77. The molecule has 0 N–H and O–H groups in total. The van der Waals surface area contributed by atoms with Gasteiger partial charge in [0.25, 0.3) is 0 Å². The molecule has 1 atom stereocenters. The molecule has 3 aromatic rings. The average Bonchev–Trinajstić information content (AvgIpc) is 2.79. The van der Waals surface area contributed by atoms with Gasteiger partial charge in [0.1, 0.15) is 0 Å². The number of anilines is 1. The van der Waals surface area contributed by atoms with Crippen LogP contribution < -0.4 is 4.90 Å². The van der Waals surface area contributed by atoms with E-state index in [2.05, 4.69) is 110 Å². The van der Waals surface area contributed by atoms with Crippen molar-refractivity contribution < 1.29 is 4.79 Å². The van der Waals surface area contributed by atoms with Crippen molar-refractivity contribution >= 4 is 11.6 Å². The van der Waals surface area contributed by atoms with Crippen LogP contribution in [0.5, 0.6) is 0 Å². The number of carbonyl (C=O) groups is 1. The number of nitrogens with zero attached hydrogens (tertiary/aromatic N) is 2. The maximum absolute atomic E-state index is 13.9. The molecular formula is C31H40N2O. The minimum atomic E-state index is -0.134. The molecule has 0 aromatic heterocycles. The van der Waals surface area contributed by atoms with E-state index < -0.39 is 0 Å². The second-order valence-electron chi connectivity index (χ2n) is 10.9. The molecule has 0 aliphatic rings. The summed E-state index contributed by atoms with van der Waals surface area (Å²) in [6, 6.07) is 29.2. The van der Waals surface area contributed by atoms with Crippen LogP contribution >= 0.6 is 0 Å². The number of hydrogen-bond donors (Lipinski definition) is 0. The molecule has 3 rings (SSSR count). The molecule has 0 saturated heterocycles. The molecule has 0 heterocycles. The molecule has 0 spiro atoms. The largest absolute Gasteiger partial charge is 0.378 e. The lowest BCUT2D eigenvalue weighted by atomic mass is 9.84. The van der Waals surface area contributed by atoms with Crippen LogP contribution in [0.4, 0.5) is 5.69 Å². The first-order chi connectivity index (χ1) is 16.1. The van der Waals surface area contributed by atoms with Gasteiger partial charge in [-0.1, -0.05) is 100 Å². The fourth-order valence-electron chi connectivity index (χ4n) is 4.78. The lowest BCUT2D eigenvalue weighted by molar-refractivity contribution is -0.134. The molecule has 0 aliphatic carbocycles. The first kappa shape index (κ1) is 25.6. The zero-order valence-corrected chi connectivity index (χ0v) is 21.7. The Morgan fingerprint density at radius 1 is 0.794 bits per heavy atom. The Morgan fingerprint density at radius 3 is 1.74 bits per heavy atom. The Bertz CT molecular complexity index is 981. The van der Waals surface area contributed by atoms with Gasteiger partial charge in [-0.3, -0.25) is 4.79 Å². The topological polar surface area (TPSA) is 23.6 Å². The molecule has 3 nitrogen and oxygen atoms in total. The molecule has 0 bridgehead atoms. The normalized spacial score (nSPS) is 12.4. The van der Waals surface area contributed by atoms with Gasteiger partial charge in [0.15, 0.2) is 0 Å². The number of amides is 1. The van der Waals surface area contributed by atoms with Gasteiger partial charge in [-0.05, 0) is 46.6 Å². The van der Waals surface area contributed by atoms with E-state index in [0.29, 0.717) is 18.9 Å². The number of rotatable bonds is 9. The van der Waals surface area contributed by atoms with Crippen LogP contribution in [0.15, 0.2) is 84.9 Å². The molecule has 0 saturated carbocycles. The molecule has 0 aliphatic heterocycles. The summed E-state index contributed by atoms with van der Waals surface area (Å²) in [4.78, 5) is 18.1. The van der Waals surface area contributed by atoms with E-state index in [0.717, 1.165) is 28.8 Å². The van der Waals surface area contributed by atoms with Crippen molar-refractivity contribution in [2.24, 2.45) is 11.3 Å². The van der Waals surface area contributed by atoms with Crippen molar-refractivity contribution in [3.8, 4) is 0 Å². The molecule has 0 fully saturated rings. The minimum Gasteiger partial charge on any atom is -0.378 e. The lowest BCUT2D eigenvalue weighted by Crippen LogP contribution is -2.36. The standard InChI is InChI=1S/C31H40N2O/c1-24(22-31(2,3)4)21-29(34)33(23-25-17-19-28(20-18-25)32(5)6)30(26-13-9-7-10-14-26)27-15-11-8-12-16-27/h7-20,24,30H,21-23H2,1-6H3. The van der Waals surface area contributed by atoms with Crippen LogP contribution in [0, 0.1) is 11.3 Å². The van der Waals surface area contributed by atoms with Crippen molar-refractivity contribution in [1.29, 1.82) is 0 Å². The predicted octanol–water partition coefficient (Wildman–Crippen LogP) is 7.33. The molecule has 3 aromatic carbocycles. The Morgan fingerprint density at radius 2 is 1.29 bits per heavy atom. The zero-order chi connectivity index (χ0) is 24.7. The van der Waals surface area contributed by atoms with Crippen LogP contribution in [-0.2, 0) is 11.3 Å². The van der Waals surface area contributed by atoms with Crippen LogP contribution in [-0.4, -0.2) is 24.9 Å². The Balaban J connectivity index is 1.99. The van der Waals surface area contributed by atoms with Crippen LogP contribution in [0.3, 0.4) is 0 Å². The summed E-state index contributed by atoms with van der Waals surface area (Å²) >= 11 is 0. The third kappa shape index (κ3) is 7.21. The van der Waals surface area contributed by atoms with Crippen molar-refractivity contribution in [1.82, 2.24) is 4.90 Å². The quantitative estimate of drug-likeness (QED) is 0.336. The summed E-state index contributed by atoms with van der Waals surface area (Å²) in [6.07, 6.45) is 1.56. The lowest BCUT2D eigenvalue weighted by Gasteiger charge is -2.34. The highest BCUT2D eigenvalue weighted by Gasteiger charge is 2.29. The van der Waals surface area contributed by atoms with E-state index in [-0.39, 0.29) is 17.4 Å². The van der Waals surface area contributed by atoms with Gasteiger partial charge >= 0.3 is 0 Å². The third-order valence-corrected chi connectivity index (χ3v) is 6.15. The summed E-state index contributed by atoms with van der Waals surface area (Å²) in [5.74, 6) is 0.518. The molecule has 180 valence electrons. The van der Waals surface area contributed by atoms with Crippen molar-refractivity contribution in [3.63, 3.8) is 0 Å². The zero-order valence-electron chi connectivity index (χ0n) is 21.7. The van der Waals surface area contributed by atoms with E-state index in [1.807, 2.05) is 26.2 Å². The number of carbonyl (C=O) groups excluding carboxylic acids is 1. The first-order valence-electron chi connectivity index (χ1n) is 12.3. The van der Waals surface area contributed by atoms with Gasteiger partial charge in [-0.25, -0.2) is 0 Å². The maximum atomic E-state index is 13.9. The van der Waals surface area contributed by atoms with E-state index in [9.17, 15) is 4.79 Å². The minimum absolute atomic E-state index is 0.134. The van der Waals surface area contributed by atoms with Gasteiger partial charge in [-0.2, -0.15) is 0 Å². The van der Waals surface area contributed by atoms with E-state index in [1.165, 1.54) is 0 Å². The highest BCUT2D eigenvalue weighted by Crippen LogP contribution is 2.33. The summed E-state index contributed by atoms with van der Waals surface area (Å²) in [5.41, 5.74) is 4.76. The highest BCUT2D eigenvalue weighted by atomic mass is 16.2. The number of hydrogen-bond acceptors (Lipinski definition) is 2. The summed E-state index contributed by atoms with van der Waals surface area (Å²) < 4.78 is 0. The summed E-state index contributed by atoms with van der Waals surface area (Å²) in [6.45, 7) is 9.51. The van der Waals surface area contributed by atoms with Crippen molar-refractivity contribution in [2.75, 3.05) is 19.0 Å². The summed E-state index contributed by atoms with van der Waals surface area (Å²) in [5, 5.41) is 0. The van der Waals surface area contributed by atoms with Crippen LogP contribution in [0.2, 0.25) is 0 Å². The predicted molar refractivity (Wildman–Crippen MR) is 144 cm³/mol. The Kier molecular flexibility index (Phi) is 8.55. The van der Waals surface area contributed by atoms with Gasteiger partial charge in [0.2, 0.25) is 5.91 Å². The first-order valence-corrected chi connectivity index (χ1v) is 12.3. The fourth-order valence-corrected chi connectivity index (χ4v) is 4.78. The van der Waals surface area contributed by atoms with E-state index in [1.54, 1.807) is 0 Å². The number of benzene rings is 3.